The molecule has 8 heteroatoms. The molecule has 26 heavy (non-hydrogen) atoms. The third-order valence-corrected chi connectivity index (χ3v) is 3.97. The van der Waals surface area contributed by atoms with E-state index in [2.05, 4.69) is 10.6 Å². The van der Waals surface area contributed by atoms with Gasteiger partial charge in [0, 0.05) is 17.2 Å². The summed E-state index contributed by atoms with van der Waals surface area (Å²) in [7, 11) is 1.53. The number of rotatable bonds is 7. The highest BCUT2D eigenvalue weighted by atomic mass is 35.5. The molecule has 2 unspecified atom stereocenters. The third-order valence-electron chi connectivity index (χ3n) is 3.40. The summed E-state index contributed by atoms with van der Waals surface area (Å²) in [4.78, 5) is 24.5. The minimum atomic E-state index is -0.740. The fraction of sp³-hybridized carbons (Fsp3) is 0.556. The van der Waals surface area contributed by atoms with Crippen LogP contribution in [-0.4, -0.2) is 37.4 Å². The maximum atomic E-state index is 12.6. The Bertz CT molecular complexity index is 632. The highest BCUT2D eigenvalue weighted by molar-refractivity contribution is 6.35. The summed E-state index contributed by atoms with van der Waals surface area (Å²) in [5.74, 6) is -0.355. The zero-order valence-electron chi connectivity index (χ0n) is 15.7. The number of ether oxygens (including phenoxy) is 2. The van der Waals surface area contributed by atoms with Crippen LogP contribution in [0.4, 0.5) is 4.79 Å². The fourth-order valence-electron chi connectivity index (χ4n) is 2.24. The highest BCUT2D eigenvalue weighted by Crippen LogP contribution is 2.26. The Kier molecular flexibility index (Phi) is 8.67. The number of methoxy groups -OCH3 is 1. The van der Waals surface area contributed by atoms with Crippen LogP contribution in [0.3, 0.4) is 0 Å². The Hall–Kier alpha value is -1.50. The van der Waals surface area contributed by atoms with Gasteiger partial charge in [0.25, 0.3) is 0 Å². The fourth-order valence-corrected chi connectivity index (χ4v) is 2.78. The van der Waals surface area contributed by atoms with Gasteiger partial charge >= 0.3 is 6.09 Å². The lowest BCUT2D eigenvalue weighted by Gasteiger charge is -2.25. The molecule has 1 rings (SSSR count). The van der Waals surface area contributed by atoms with Gasteiger partial charge in [0.2, 0.25) is 5.91 Å². The van der Waals surface area contributed by atoms with Crippen molar-refractivity contribution in [3.05, 3.63) is 33.8 Å². The standard InChI is InChI=1S/C18H26Cl2N2O4/c1-6-14(22-17(24)26-18(2,3)4)16(23)21-15(10-25-5)12-8-7-11(19)9-13(12)20/h7-9,14-15H,6,10H2,1-5H3,(H,21,23)(H,22,24). The van der Waals surface area contributed by atoms with Gasteiger partial charge in [-0.2, -0.15) is 0 Å². The van der Waals surface area contributed by atoms with Gasteiger partial charge in [0.15, 0.2) is 0 Å². The summed E-state index contributed by atoms with van der Waals surface area (Å²) >= 11 is 12.2. The van der Waals surface area contributed by atoms with Crippen LogP contribution in [-0.2, 0) is 14.3 Å². The van der Waals surface area contributed by atoms with Gasteiger partial charge in [-0.25, -0.2) is 4.79 Å². The van der Waals surface area contributed by atoms with E-state index < -0.39 is 23.8 Å². The summed E-state index contributed by atoms with van der Waals surface area (Å²) in [6.07, 6.45) is -0.244. The number of carbonyl (C=O) groups excluding carboxylic acids is 2. The molecule has 0 spiro atoms. The van der Waals surface area contributed by atoms with Crippen LogP contribution >= 0.6 is 23.2 Å². The van der Waals surface area contributed by atoms with Crippen LogP contribution in [0.25, 0.3) is 0 Å². The van der Waals surface area contributed by atoms with Crippen LogP contribution < -0.4 is 10.6 Å². The maximum absolute atomic E-state index is 12.6. The molecule has 0 bridgehead atoms. The summed E-state index contributed by atoms with van der Waals surface area (Å²) < 4.78 is 10.4. The first-order chi connectivity index (χ1) is 12.1. The van der Waals surface area contributed by atoms with Crippen LogP contribution in [0.15, 0.2) is 18.2 Å². The SMILES string of the molecule is CCC(NC(=O)OC(C)(C)C)C(=O)NC(COC)c1ccc(Cl)cc1Cl. The van der Waals surface area contributed by atoms with Crippen molar-refractivity contribution < 1.29 is 19.1 Å². The minimum Gasteiger partial charge on any atom is -0.444 e. The Morgan fingerprint density at radius 3 is 2.35 bits per heavy atom. The van der Waals surface area contributed by atoms with E-state index in [9.17, 15) is 9.59 Å². The van der Waals surface area contributed by atoms with Gasteiger partial charge in [0.1, 0.15) is 11.6 Å². The molecule has 0 saturated carbocycles. The predicted molar refractivity (Wildman–Crippen MR) is 103 cm³/mol. The first-order valence-electron chi connectivity index (χ1n) is 8.31. The molecular weight excluding hydrogens is 379 g/mol. The van der Waals surface area contributed by atoms with Crippen molar-refractivity contribution in [1.29, 1.82) is 0 Å². The normalized spacial score (nSPS) is 13.7. The van der Waals surface area contributed by atoms with Crippen LogP contribution in [0.5, 0.6) is 0 Å². The van der Waals surface area contributed by atoms with E-state index in [1.54, 1.807) is 45.9 Å². The second-order valence-corrected chi connectivity index (χ2v) is 7.63. The first kappa shape index (κ1) is 22.5. The second kappa shape index (κ2) is 10.00. The van der Waals surface area contributed by atoms with Crippen LogP contribution in [0, 0.1) is 0 Å². The van der Waals surface area contributed by atoms with E-state index in [1.165, 1.54) is 7.11 Å². The number of carbonyl (C=O) groups is 2. The number of alkyl carbamates (subject to hydrolysis) is 1. The lowest BCUT2D eigenvalue weighted by Crippen LogP contribution is -2.49. The van der Waals surface area contributed by atoms with Gasteiger partial charge in [-0.3, -0.25) is 4.79 Å². The van der Waals surface area contributed by atoms with Gasteiger partial charge < -0.3 is 20.1 Å². The third kappa shape index (κ3) is 7.40. The smallest absolute Gasteiger partial charge is 0.408 e. The second-order valence-electron chi connectivity index (χ2n) is 6.79. The van der Waals surface area contributed by atoms with Crippen molar-refractivity contribution in [2.24, 2.45) is 0 Å². The number of hydrogen-bond acceptors (Lipinski definition) is 4. The molecule has 1 aromatic carbocycles. The van der Waals surface area contributed by atoms with E-state index in [0.29, 0.717) is 22.0 Å². The molecule has 0 aliphatic rings. The predicted octanol–water partition coefficient (Wildman–Crippen LogP) is 4.10. The molecule has 0 saturated heterocycles. The van der Waals surface area contributed by atoms with Crippen molar-refractivity contribution in [3.8, 4) is 0 Å². The lowest BCUT2D eigenvalue weighted by atomic mass is 10.1. The summed E-state index contributed by atoms with van der Waals surface area (Å²) in [6, 6.07) is 3.80. The number of halogens is 2. The Morgan fingerprint density at radius 1 is 1.19 bits per heavy atom. The summed E-state index contributed by atoms with van der Waals surface area (Å²) in [6.45, 7) is 7.28. The van der Waals surface area contributed by atoms with Crippen molar-refractivity contribution in [2.45, 2.75) is 51.8 Å². The first-order valence-corrected chi connectivity index (χ1v) is 9.06. The molecule has 6 nitrogen and oxygen atoms in total. The number of hydrogen-bond donors (Lipinski definition) is 2. The molecule has 0 aliphatic carbocycles. The van der Waals surface area contributed by atoms with Gasteiger partial charge in [-0.1, -0.05) is 36.2 Å². The number of nitrogens with one attached hydrogen (secondary N) is 2. The molecule has 0 aromatic heterocycles. The van der Waals surface area contributed by atoms with Crippen molar-refractivity contribution in [2.75, 3.05) is 13.7 Å². The van der Waals surface area contributed by atoms with E-state index in [0.717, 1.165) is 0 Å². The van der Waals surface area contributed by atoms with Crippen molar-refractivity contribution in [3.63, 3.8) is 0 Å². The van der Waals surface area contributed by atoms with Gasteiger partial charge in [-0.15, -0.1) is 0 Å². The number of benzene rings is 1. The minimum absolute atomic E-state index is 0.218. The molecular formula is C18H26Cl2N2O4. The highest BCUT2D eigenvalue weighted by Gasteiger charge is 2.26. The van der Waals surface area contributed by atoms with E-state index in [1.807, 2.05) is 0 Å². The quantitative estimate of drug-likeness (QED) is 0.716. The molecule has 0 heterocycles. The monoisotopic (exact) mass is 404 g/mol. The lowest BCUT2D eigenvalue weighted by molar-refractivity contribution is -0.124. The zero-order chi connectivity index (χ0) is 19.9. The van der Waals surface area contributed by atoms with Crippen LogP contribution in [0.1, 0.15) is 45.7 Å². The Morgan fingerprint density at radius 2 is 1.85 bits per heavy atom. The van der Waals surface area contributed by atoms with Crippen molar-refractivity contribution >= 4 is 35.2 Å². The van der Waals surface area contributed by atoms with E-state index in [4.69, 9.17) is 32.7 Å². The topological polar surface area (TPSA) is 76.7 Å². The molecule has 1 aromatic rings. The average Bonchev–Trinajstić information content (AvgIpc) is 2.50. The molecule has 2 N–H and O–H groups in total. The summed E-state index contributed by atoms with van der Waals surface area (Å²) in [5.41, 5.74) is 0.0345. The largest absolute Gasteiger partial charge is 0.444 e. The average molecular weight is 405 g/mol. The summed E-state index contributed by atoms with van der Waals surface area (Å²) in [5, 5.41) is 6.35. The van der Waals surface area contributed by atoms with E-state index in [-0.39, 0.29) is 12.5 Å². The Balaban J connectivity index is 2.85. The van der Waals surface area contributed by atoms with Gasteiger partial charge in [-0.05, 0) is 44.9 Å². The molecule has 0 radical (unpaired) electrons. The van der Waals surface area contributed by atoms with Crippen LogP contribution in [0.2, 0.25) is 10.0 Å². The maximum Gasteiger partial charge on any atom is 0.408 e. The Labute approximate surface area is 164 Å². The number of amides is 2. The molecule has 0 aliphatic heterocycles. The van der Waals surface area contributed by atoms with Gasteiger partial charge in [0.05, 0.1) is 12.6 Å². The molecule has 146 valence electrons. The van der Waals surface area contributed by atoms with E-state index >= 15 is 0 Å². The van der Waals surface area contributed by atoms with Crippen molar-refractivity contribution in [1.82, 2.24) is 10.6 Å². The molecule has 2 amide bonds. The molecule has 0 fully saturated rings. The molecule has 2 atom stereocenters. The zero-order valence-corrected chi connectivity index (χ0v) is 17.2.